The van der Waals surface area contributed by atoms with E-state index in [0.717, 1.165) is 5.56 Å². The van der Waals surface area contributed by atoms with E-state index in [1.165, 1.54) is 16.9 Å². The maximum absolute atomic E-state index is 11.9. The van der Waals surface area contributed by atoms with Gasteiger partial charge in [-0.25, -0.2) is 19.4 Å². The van der Waals surface area contributed by atoms with Gasteiger partial charge in [0, 0.05) is 11.6 Å². The van der Waals surface area contributed by atoms with Crippen LogP contribution in [-0.4, -0.2) is 30.8 Å². The zero-order valence-electron chi connectivity index (χ0n) is 13.7. The summed E-state index contributed by atoms with van der Waals surface area (Å²) in [6.07, 6.45) is 1.19. The Morgan fingerprint density at radius 1 is 1.08 bits per heavy atom. The van der Waals surface area contributed by atoms with Crippen LogP contribution in [-0.2, 0) is 0 Å². The molecule has 0 unspecified atom stereocenters. The van der Waals surface area contributed by atoms with Crippen molar-refractivity contribution in [3.8, 4) is 22.6 Å². The SMILES string of the molecule is CC(C)n1nc(-c2ncc(C(=O)O)nc2-c2ccccc2)ccc1=O. The molecule has 7 heteroatoms. The van der Waals surface area contributed by atoms with Crippen molar-refractivity contribution in [1.29, 1.82) is 0 Å². The molecule has 1 N–H and O–H groups in total. The molecule has 3 rings (SSSR count). The number of nitrogens with zero attached hydrogens (tertiary/aromatic N) is 4. The standard InChI is InChI=1S/C18H16N4O3/c1-11(2)22-15(23)9-8-13(21-22)17-16(12-6-4-3-5-7-12)20-14(10-19-17)18(24)25/h3-11H,1-2H3,(H,24,25). The number of carbonyl (C=O) groups is 1. The van der Waals surface area contributed by atoms with Crippen LogP contribution in [0.2, 0.25) is 0 Å². The Labute approximate surface area is 143 Å². The van der Waals surface area contributed by atoms with Crippen LogP contribution < -0.4 is 5.56 Å². The highest BCUT2D eigenvalue weighted by Crippen LogP contribution is 2.27. The Hall–Kier alpha value is -3.35. The third-order valence-corrected chi connectivity index (χ3v) is 3.60. The maximum Gasteiger partial charge on any atom is 0.356 e. The number of aromatic carboxylic acids is 1. The van der Waals surface area contributed by atoms with Crippen molar-refractivity contribution in [1.82, 2.24) is 19.7 Å². The van der Waals surface area contributed by atoms with Crippen molar-refractivity contribution < 1.29 is 9.90 Å². The van der Waals surface area contributed by atoms with E-state index in [9.17, 15) is 14.7 Å². The number of hydrogen-bond acceptors (Lipinski definition) is 5. The van der Waals surface area contributed by atoms with Crippen molar-refractivity contribution in [2.75, 3.05) is 0 Å². The molecule has 0 aliphatic heterocycles. The van der Waals surface area contributed by atoms with E-state index in [4.69, 9.17) is 0 Å². The lowest BCUT2D eigenvalue weighted by molar-refractivity contribution is 0.0690. The summed E-state index contributed by atoms with van der Waals surface area (Å²) in [6.45, 7) is 3.71. The zero-order valence-corrected chi connectivity index (χ0v) is 13.7. The first-order valence-electron chi connectivity index (χ1n) is 7.73. The summed E-state index contributed by atoms with van der Waals surface area (Å²) in [5, 5.41) is 13.6. The molecule has 0 fully saturated rings. The lowest BCUT2D eigenvalue weighted by atomic mass is 10.1. The van der Waals surface area contributed by atoms with Crippen molar-refractivity contribution in [2.45, 2.75) is 19.9 Å². The van der Waals surface area contributed by atoms with Crippen molar-refractivity contribution in [3.05, 3.63) is 64.7 Å². The second-order valence-corrected chi connectivity index (χ2v) is 5.72. The fraction of sp³-hybridized carbons (Fsp3) is 0.167. The number of carboxylic acid groups (broad SMARTS) is 1. The zero-order chi connectivity index (χ0) is 18.0. The summed E-state index contributed by atoms with van der Waals surface area (Å²) in [5.41, 5.74) is 1.64. The molecule has 0 radical (unpaired) electrons. The van der Waals surface area contributed by atoms with Crippen molar-refractivity contribution >= 4 is 5.97 Å². The molecule has 126 valence electrons. The smallest absolute Gasteiger partial charge is 0.356 e. The summed E-state index contributed by atoms with van der Waals surface area (Å²) < 4.78 is 1.36. The van der Waals surface area contributed by atoms with E-state index in [1.807, 2.05) is 44.2 Å². The van der Waals surface area contributed by atoms with Gasteiger partial charge >= 0.3 is 5.97 Å². The van der Waals surface area contributed by atoms with Gasteiger partial charge in [-0.05, 0) is 19.9 Å². The van der Waals surface area contributed by atoms with Gasteiger partial charge in [0.1, 0.15) is 11.4 Å². The largest absolute Gasteiger partial charge is 0.476 e. The number of aromatic nitrogens is 4. The molecule has 0 atom stereocenters. The summed E-state index contributed by atoms with van der Waals surface area (Å²) in [4.78, 5) is 31.7. The molecule has 0 spiro atoms. The van der Waals surface area contributed by atoms with E-state index in [0.29, 0.717) is 17.1 Å². The minimum absolute atomic E-state index is 0.112. The molecule has 7 nitrogen and oxygen atoms in total. The van der Waals surface area contributed by atoms with E-state index in [1.54, 1.807) is 6.07 Å². The lowest BCUT2D eigenvalue weighted by Crippen LogP contribution is -2.24. The second-order valence-electron chi connectivity index (χ2n) is 5.72. The molecule has 0 aliphatic carbocycles. The first-order valence-corrected chi connectivity index (χ1v) is 7.73. The van der Waals surface area contributed by atoms with Crippen molar-refractivity contribution in [2.24, 2.45) is 0 Å². The van der Waals surface area contributed by atoms with Gasteiger partial charge in [-0.2, -0.15) is 5.10 Å². The van der Waals surface area contributed by atoms with Gasteiger partial charge in [0.25, 0.3) is 5.56 Å². The molecule has 0 bridgehead atoms. The highest BCUT2D eigenvalue weighted by atomic mass is 16.4. The number of carboxylic acids is 1. The minimum Gasteiger partial charge on any atom is -0.476 e. The number of benzene rings is 1. The van der Waals surface area contributed by atoms with E-state index < -0.39 is 5.97 Å². The van der Waals surface area contributed by atoms with Gasteiger partial charge in [0.05, 0.1) is 17.9 Å². The molecule has 3 aromatic rings. The first-order chi connectivity index (χ1) is 12.0. The van der Waals surface area contributed by atoms with Crippen LogP contribution in [0.5, 0.6) is 0 Å². The van der Waals surface area contributed by atoms with Gasteiger partial charge in [-0.1, -0.05) is 30.3 Å². The average molecular weight is 336 g/mol. The molecule has 25 heavy (non-hydrogen) atoms. The molecule has 0 amide bonds. The fourth-order valence-corrected chi connectivity index (χ4v) is 2.40. The lowest BCUT2D eigenvalue weighted by Gasteiger charge is -2.12. The molecule has 0 saturated carbocycles. The Kier molecular flexibility index (Phi) is 4.38. The second kappa shape index (κ2) is 6.64. The summed E-state index contributed by atoms with van der Waals surface area (Å²) in [6, 6.07) is 12.0. The van der Waals surface area contributed by atoms with Gasteiger partial charge in [0.15, 0.2) is 5.69 Å². The number of hydrogen-bond donors (Lipinski definition) is 1. The molecular weight excluding hydrogens is 320 g/mol. The molecule has 2 aromatic heterocycles. The van der Waals surface area contributed by atoms with Crippen LogP contribution in [0, 0.1) is 0 Å². The Bertz CT molecular complexity index is 981. The Morgan fingerprint density at radius 3 is 2.44 bits per heavy atom. The van der Waals surface area contributed by atoms with Crippen LogP contribution in [0.25, 0.3) is 22.6 Å². The normalized spacial score (nSPS) is 10.8. The average Bonchev–Trinajstić information content (AvgIpc) is 2.62. The van der Waals surface area contributed by atoms with E-state index >= 15 is 0 Å². The summed E-state index contributed by atoms with van der Waals surface area (Å²) >= 11 is 0. The first kappa shape index (κ1) is 16.5. The molecule has 0 saturated heterocycles. The highest BCUT2D eigenvalue weighted by molar-refractivity contribution is 5.87. The topological polar surface area (TPSA) is 98.0 Å². The molecular formula is C18H16N4O3. The van der Waals surface area contributed by atoms with Crippen LogP contribution in [0.3, 0.4) is 0 Å². The van der Waals surface area contributed by atoms with Crippen LogP contribution in [0.15, 0.2) is 53.5 Å². The molecule has 1 aromatic carbocycles. The van der Waals surface area contributed by atoms with Crippen LogP contribution >= 0.6 is 0 Å². The fourth-order valence-electron chi connectivity index (χ4n) is 2.40. The van der Waals surface area contributed by atoms with Gasteiger partial charge in [-0.15, -0.1) is 0 Å². The van der Waals surface area contributed by atoms with Gasteiger partial charge < -0.3 is 5.11 Å². The summed E-state index contributed by atoms with van der Waals surface area (Å²) in [5.74, 6) is -1.16. The van der Waals surface area contributed by atoms with Crippen molar-refractivity contribution in [3.63, 3.8) is 0 Å². The molecule has 2 heterocycles. The summed E-state index contributed by atoms with van der Waals surface area (Å²) in [7, 11) is 0. The minimum atomic E-state index is -1.16. The predicted octanol–water partition coefficient (Wildman–Crippen LogP) is 2.65. The van der Waals surface area contributed by atoms with Gasteiger partial charge in [0.2, 0.25) is 0 Å². The Morgan fingerprint density at radius 2 is 1.80 bits per heavy atom. The van der Waals surface area contributed by atoms with E-state index in [-0.39, 0.29) is 17.3 Å². The van der Waals surface area contributed by atoms with Crippen LogP contribution in [0.4, 0.5) is 0 Å². The van der Waals surface area contributed by atoms with Gasteiger partial charge in [-0.3, -0.25) is 4.79 Å². The molecule has 0 aliphatic rings. The number of rotatable bonds is 4. The Balaban J connectivity index is 2.24. The monoisotopic (exact) mass is 336 g/mol. The quantitative estimate of drug-likeness (QED) is 0.786. The highest BCUT2D eigenvalue weighted by Gasteiger charge is 2.17. The third-order valence-electron chi connectivity index (χ3n) is 3.60. The maximum atomic E-state index is 11.9. The third kappa shape index (κ3) is 3.30. The predicted molar refractivity (Wildman–Crippen MR) is 92.3 cm³/mol. The van der Waals surface area contributed by atoms with Crippen LogP contribution in [0.1, 0.15) is 30.4 Å². The van der Waals surface area contributed by atoms with E-state index in [2.05, 4.69) is 15.1 Å².